The molecule has 0 amide bonds. The third kappa shape index (κ3) is 3.54. The van der Waals surface area contributed by atoms with Crippen LogP contribution in [0, 0.1) is 0 Å². The van der Waals surface area contributed by atoms with Crippen molar-refractivity contribution in [2.75, 3.05) is 0 Å². The van der Waals surface area contributed by atoms with E-state index < -0.39 is 12.6 Å². The first-order valence-corrected chi connectivity index (χ1v) is 6.38. The third-order valence-corrected chi connectivity index (χ3v) is 3.42. The maximum absolute atomic E-state index is 12.2. The third-order valence-electron chi connectivity index (χ3n) is 2.04. The van der Waals surface area contributed by atoms with Gasteiger partial charge in [-0.3, -0.25) is 0 Å². The number of benzene rings is 1. The predicted molar refractivity (Wildman–Crippen MR) is 65.0 cm³/mol. The Kier molecular flexibility index (Phi) is 3.53. The van der Waals surface area contributed by atoms with E-state index in [-0.39, 0.29) is 5.01 Å². The monoisotopic (exact) mass is 321 g/mol. The molecule has 0 bridgehead atoms. The smallest absolute Gasteiger partial charge is 0.241 e. The highest BCUT2D eigenvalue weighted by Crippen LogP contribution is 2.27. The van der Waals surface area contributed by atoms with Gasteiger partial charge >= 0.3 is 6.18 Å². The lowest BCUT2D eigenvalue weighted by atomic mass is 10.2. The van der Waals surface area contributed by atoms with Gasteiger partial charge in [-0.2, -0.15) is 13.2 Å². The van der Waals surface area contributed by atoms with E-state index in [0.717, 1.165) is 21.4 Å². The van der Waals surface area contributed by atoms with Crippen LogP contribution in [0.5, 0.6) is 0 Å². The molecule has 6 heteroatoms. The zero-order chi connectivity index (χ0) is 12.5. The number of halogens is 4. The predicted octanol–water partition coefficient (Wildman–Crippen LogP) is 4.68. The summed E-state index contributed by atoms with van der Waals surface area (Å²) in [5.41, 5.74) is 1.40. The molecule has 2 rings (SSSR count). The first-order valence-electron chi connectivity index (χ1n) is 4.71. The Morgan fingerprint density at radius 3 is 2.41 bits per heavy atom. The van der Waals surface area contributed by atoms with E-state index in [0.29, 0.717) is 5.69 Å². The Morgan fingerprint density at radius 1 is 1.18 bits per heavy atom. The number of hydrogen-bond donors (Lipinski definition) is 0. The molecule has 0 aliphatic heterocycles. The van der Waals surface area contributed by atoms with E-state index in [1.54, 1.807) is 5.38 Å². The number of aromatic nitrogens is 1. The van der Waals surface area contributed by atoms with Gasteiger partial charge in [0.15, 0.2) is 0 Å². The van der Waals surface area contributed by atoms with Gasteiger partial charge in [0.1, 0.15) is 5.01 Å². The molecule has 0 aliphatic carbocycles. The largest absolute Gasteiger partial charge is 0.395 e. The fraction of sp³-hybridized carbons (Fsp3) is 0.182. The van der Waals surface area contributed by atoms with Gasteiger partial charge in [0, 0.05) is 15.4 Å². The van der Waals surface area contributed by atoms with E-state index in [9.17, 15) is 13.2 Å². The van der Waals surface area contributed by atoms with E-state index in [2.05, 4.69) is 20.9 Å². The summed E-state index contributed by atoms with van der Waals surface area (Å²) in [7, 11) is 0. The van der Waals surface area contributed by atoms with Crippen LogP contribution < -0.4 is 0 Å². The van der Waals surface area contributed by atoms with Crippen LogP contribution in [0.3, 0.4) is 0 Å². The molecule has 0 N–H and O–H groups in total. The Hall–Kier alpha value is -0.880. The lowest BCUT2D eigenvalue weighted by Crippen LogP contribution is -2.11. The maximum atomic E-state index is 12.2. The minimum Gasteiger partial charge on any atom is -0.241 e. The van der Waals surface area contributed by atoms with Crippen molar-refractivity contribution in [1.29, 1.82) is 0 Å². The zero-order valence-electron chi connectivity index (χ0n) is 8.46. The van der Waals surface area contributed by atoms with E-state index in [4.69, 9.17) is 0 Å². The quantitative estimate of drug-likeness (QED) is 0.782. The van der Waals surface area contributed by atoms with Crippen molar-refractivity contribution < 1.29 is 13.2 Å². The lowest BCUT2D eigenvalue weighted by molar-refractivity contribution is -0.127. The highest BCUT2D eigenvalue weighted by Gasteiger charge is 2.29. The molecule has 0 saturated carbocycles. The first-order chi connectivity index (χ1) is 7.94. The summed E-state index contributed by atoms with van der Waals surface area (Å²) >= 11 is 4.33. The minimum atomic E-state index is -4.20. The van der Waals surface area contributed by atoms with E-state index in [1.165, 1.54) is 0 Å². The number of nitrogens with zero attached hydrogens (tertiary/aromatic N) is 1. The van der Waals surface area contributed by atoms with Crippen LogP contribution >= 0.6 is 27.3 Å². The number of rotatable bonds is 2. The summed E-state index contributed by atoms with van der Waals surface area (Å²) in [4.78, 5) is 3.98. The maximum Gasteiger partial charge on any atom is 0.395 e. The van der Waals surface area contributed by atoms with Gasteiger partial charge in [-0.15, -0.1) is 11.3 Å². The average Bonchev–Trinajstić information content (AvgIpc) is 2.64. The van der Waals surface area contributed by atoms with Gasteiger partial charge in [-0.05, 0) is 12.1 Å². The second-order valence-corrected chi connectivity index (χ2v) is 5.28. The van der Waals surface area contributed by atoms with Crippen LogP contribution in [0.25, 0.3) is 11.3 Å². The Labute approximate surface area is 108 Å². The van der Waals surface area contributed by atoms with Gasteiger partial charge < -0.3 is 0 Å². The molecule has 0 aliphatic rings. The topological polar surface area (TPSA) is 12.9 Å². The summed E-state index contributed by atoms with van der Waals surface area (Å²) in [6, 6.07) is 7.29. The van der Waals surface area contributed by atoms with Crippen LogP contribution in [0.2, 0.25) is 0 Å². The molecule has 1 aromatic carbocycles. The normalized spacial score (nSPS) is 11.8. The summed E-state index contributed by atoms with van der Waals surface area (Å²) in [5, 5.41) is 1.74. The van der Waals surface area contributed by atoms with Crippen molar-refractivity contribution in [2.24, 2.45) is 0 Å². The molecule has 0 unspecified atom stereocenters. The summed E-state index contributed by atoms with van der Waals surface area (Å²) in [6.45, 7) is 0. The molecule has 1 aromatic heterocycles. The highest BCUT2D eigenvalue weighted by molar-refractivity contribution is 9.10. The Bertz CT molecular complexity index is 504. The lowest BCUT2D eigenvalue weighted by Gasteiger charge is -2.01. The van der Waals surface area contributed by atoms with Crippen molar-refractivity contribution >= 4 is 27.3 Å². The molecule has 0 saturated heterocycles. The van der Waals surface area contributed by atoms with Crippen LogP contribution in [0.1, 0.15) is 5.01 Å². The second-order valence-electron chi connectivity index (χ2n) is 3.43. The van der Waals surface area contributed by atoms with Crippen molar-refractivity contribution in [3.05, 3.63) is 39.1 Å². The molecule has 2 aromatic rings. The van der Waals surface area contributed by atoms with Crippen LogP contribution in [0.4, 0.5) is 13.2 Å². The van der Waals surface area contributed by atoms with Crippen molar-refractivity contribution in [3.8, 4) is 11.3 Å². The second kappa shape index (κ2) is 4.78. The van der Waals surface area contributed by atoms with Gasteiger partial charge in [0.25, 0.3) is 0 Å². The summed E-state index contributed by atoms with van der Waals surface area (Å²) < 4.78 is 37.4. The van der Waals surface area contributed by atoms with Crippen LogP contribution in [0.15, 0.2) is 34.1 Å². The molecular weight excluding hydrogens is 315 g/mol. The van der Waals surface area contributed by atoms with Gasteiger partial charge in [-0.25, -0.2) is 4.98 Å². The minimum absolute atomic E-state index is 0.0930. The molecule has 90 valence electrons. The van der Waals surface area contributed by atoms with Crippen LogP contribution in [-0.4, -0.2) is 11.2 Å². The molecule has 0 fully saturated rings. The SMILES string of the molecule is FC(F)(F)Cc1nc(-c2ccc(Br)cc2)cs1. The fourth-order valence-corrected chi connectivity index (χ4v) is 2.42. The Balaban J connectivity index is 2.21. The standard InChI is InChI=1S/C11H7BrF3NS/c12-8-3-1-7(2-4-8)9-6-17-10(16-9)5-11(13,14)15/h1-4,6H,5H2. The van der Waals surface area contributed by atoms with Crippen molar-refractivity contribution in [1.82, 2.24) is 4.98 Å². The number of thiazole rings is 1. The average molecular weight is 322 g/mol. The number of hydrogen-bond acceptors (Lipinski definition) is 2. The van der Waals surface area contributed by atoms with E-state index >= 15 is 0 Å². The van der Waals surface area contributed by atoms with Crippen LogP contribution in [-0.2, 0) is 6.42 Å². The summed E-state index contributed by atoms with van der Waals surface area (Å²) in [5.74, 6) is 0. The molecule has 1 heterocycles. The fourth-order valence-electron chi connectivity index (χ4n) is 1.32. The van der Waals surface area contributed by atoms with E-state index in [1.807, 2.05) is 24.3 Å². The van der Waals surface area contributed by atoms with Crippen molar-refractivity contribution in [2.45, 2.75) is 12.6 Å². The molecule has 17 heavy (non-hydrogen) atoms. The van der Waals surface area contributed by atoms with Crippen molar-refractivity contribution in [3.63, 3.8) is 0 Å². The van der Waals surface area contributed by atoms with Gasteiger partial charge in [-0.1, -0.05) is 28.1 Å². The zero-order valence-corrected chi connectivity index (χ0v) is 10.9. The van der Waals surface area contributed by atoms with Gasteiger partial charge in [0.2, 0.25) is 0 Å². The highest BCUT2D eigenvalue weighted by atomic mass is 79.9. The van der Waals surface area contributed by atoms with Gasteiger partial charge in [0.05, 0.1) is 12.1 Å². The molecular formula is C11H7BrF3NS. The Morgan fingerprint density at radius 2 is 1.82 bits per heavy atom. The molecule has 0 atom stereocenters. The summed E-state index contributed by atoms with van der Waals surface area (Å²) in [6.07, 6.45) is -5.16. The number of alkyl halides is 3. The molecule has 0 spiro atoms. The molecule has 1 nitrogen and oxygen atoms in total. The first kappa shape index (κ1) is 12.6. The molecule has 0 radical (unpaired) electrons.